The number of hydrogen-bond acceptors (Lipinski definition) is 2. The zero-order chi connectivity index (χ0) is 9.42. The van der Waals surface area contributed by atoms with Crippen molar-refractivity contribution in [2.75, 3.05) is 0 Å². The van der Waals surface area contributed by atoms with E-state index in [1.165, 1.54) is 0 Å². The summed E-state index contributed by atoms with van der Waals surface area (Å²) in [6, 6.07) is 0. The first kappa shape index (κ1) is 8.29. The van der Waals surface area contributed by atoms with Gasteiger partial charge < -0.3 is 9.67 Å². The number of carboxylic acids is 1. The molecule has 0 radical (unpaired) electrons. The van der Waals surface area contributed by atoms with Crippen LogP contribution in [0, 0.1) is 5.92 Å². The third kappa shape index (κ3) is 1.43. The minimum atomic E-state index is -0.753. The van der Waals surface area contributed by atoms with Gasteiger partial charge in [-0.05, 0) is 18.8 Å². The number of carboxylic acid groups (broad SMARTS) is 1. The van der Waals surface area contributed by atoms with Crippen LogP contribution in [0.2, 0.25) is 0 Å². The quantitative estimate of drug-likeness (QED) is 0.754. The molecule has 1 aromatic rings. The number of rotatable bonds is 3. The molecule has 2 rings (SSSR count). The van der Waals surface area contributed by atoms with E-state index in [4.69, 9.17) is 5.11 Å². The Labute approximate surface area is 76.2 Å². The van der Waals surface area contributed by atoms with E-state index in [0.717, 1.165) is 12.8 Å². The Morgan fingerprint density at radius 1 is 1.77 bits per heavy atom. The fourth-order valence-corrected chi connectivity index (χ4v) is 1.63. The topological polar surface area (TPSA) is 55.1 Å². The highest BCUT2D eigenvalue weighted by molar-refractivity contribution is 5.75. The fraction of sp³-hybridized carbons (Fsp3) is 0.556. The van der Waals surface area contributed by atoms with E-state index in [9.17, 15) is 4.79 Å². The number of aliphatic carboxylic acids is 1. The van der Waals surface area contributed by atoms with E-state index in [0.29, 0.717) is 11.7 Å². The second-order valence-electron chi connectivity index (χ2n) is 3.55. The van der Waals surface area contributed by atoms with Gasteiger partial charge in [-0.15, -0.1) is 0 Å². The Kier molecular flexibility index (Phi) is 1.83. The number of aromatic nitrogens is 2. The second kappa shape index (κ2) is 2.87. The third-order valence-corrected chi connectivity index (χ3v) is 2.50. The van der Waals surface area contributed by atoms with Crippen molar-refractivity contribution in [1.29, 1.82) is 0 Å². The molecule has 1 aliphatic carbocycles. The van der Waals surface area contributed by atoms with Gasteiger partial charge in [-0.3, -0.25) is 4.79 Å². The van der Waals surface area contributed by atoms with E-state index in [-0.39, 0.29) is 0 Å². The molecule has 1 heterocycles. The van der Waals surface area contributed by atoms with Crippen molar-refractivity contribution in [2.45, 2.75) is 18.8 Å². The van der Waals surface area contributed by atoms with Crippen LogP contribution < -0.4 is 0 Å². The molecule has 0 saturated heterocycles. The van der Waals surface area contributed by atoms with Gasteiger partial charge in [0, 0.05) is 19.4 Å². The molecular weight excluding hydrogens is 168 g/mol. The largest absolute Gasteiger partial charge is 0.481 e. The molecule has 1 atom stereocenters. The van der Waals surface area contributed by atoms with Crippen LogP contribution in [0.5, 0.6) is 0 Å². The summed E-state index contributed by atoms with van der Waals surface area (Å²) in [6.07, 6.45) is 5.47. The lowest BCUT2D eigenvalue weighted by molar-refractivity contribution is -0.139. The molecule has 70 valence electrons. The first-order chi connectivity index (χ1) is 6.20. The summed E-state index contributed by atoms with van der Waals surface area (Å²) in [7, 11) is 1.83. The average Bonchev–Trinajstić information content (AvgIpc) is 2.78. The van der Waals surface area contributed by atoms with Gasteiger partial charge in [-0.25, -0.2) is 4.98 Å². The van der Waals surface area contributed by atoms with Gasteiger partial charge in [-0.1, -0.05) is 0 Å². The van der Waals surface area contributed by atoms with E-state index >= 15 is 0 Å². The summed E-state index contributed by atoms with van der Waals surface area (Å²) in [5.74, 6) is -0.176. The molecule has 1 aliphatic rings. The lowest BCUT2D eigenvalue weighted by Crippen LogP contribution is -2.17. The zero-order valence-electron chi connectivity index (χ0n) is 7.47. The number of nitrogens with zero attached hydrogens (tertiary/aromatic N) is 2. The fourth-order valence-electron chi connectivity index (χ4n) is 1.63. The SMILES string of the molecule is Cn1ccnc1C(C(=O)O)C1CC1. The first-order valence-electron chi connectivity index (χ1n) is 4.40. The molecule has 0 spiro atoms. The normalized spacial score (nSPS) is 18.5. The molecule has 1 saturated carbocycles. The summed E-state index contributed by atoms with van der Waals surface area (Å²) in [5, 5.41) is 9.03. The van der Waals surface area contributed by atoms with Gasteiger partial charge in [0.05, 0.1) is 0 Å². The van der Waals surface area contributed by atoms with Gasteiger partial charge in [0.15, 0.2) is 0 Å². The van der Waals surface area contributed by atoms with Crippen LogP contribution in [0.1, 0.15) is 24.6 Å². The molecule has 0 aliphatic heterocycles. The number of imidazole rings is 1. The van der Waals surface area contributed by atoms with Crippen LogP contribution >= 0.6 is 0 Å². The van der Waals surface area contributed by atoms with Crippen molar-refractivity contribution in [2.24, 2.45) is 13.0 Å². The van der Waals surface area contributed by atoms with Crippen LogP contribution in [0.15, 0.2) is 12.4 Å². The van der Waals surface area contributed by atoms with E-state index < -0.39 is 11.9 Å². The maximum Gasteiger partial charge on any atom is 0.314 e. The number of aryl methyl sites for hydroxylation is 1. The van der Waals surface area contributed by atoms with Crippen LogP contribution in [0.4, 0.5) is 0 Å². The van der Waals surface area contributed by atoms with E-state index in [1.54, 1.807) is 17.0 Å². The van der Waals surface area contributed by atoms with Crippen molar-refractivity contribution < 1.29 is 9.90 Å². The summed E-state index contributed by atoms with van der Waals surface area (Å²) in [6.45, 7) is 0. The smallest absolute Gasteiger partial charge is 0.314 e. The first-order valence-corrected chi connectivity index (χ1v) is 4.40. The number of carbonyl (C=O) groups is 1. The monoisotopic (exact) mass is 180 g/mol. The maximum absolute atomic E-state index is 11.0. The lowest BCUT2D eigenvalue weighted by atomic mass is 10.0. The maximum atomic E-state index is 11.0. The van der Waals surface area contributed by atoms with Crippen LogP contribution in [0.3, 0.4) is 0 Å². The molecule has 1 fully saturated rings. The summed E-state index contributed by atoms with van der Waals surface area (Å²) < 4.78 is 1.79. The molecule has 0 bridgehead atoms. The lowest BCUT2D eigenvalue weighted by Gasteiger charge is -2.10. The van der Waals surface area contributed by atoms with Crippen molar-refractivity contribution in [3.63, 3.8) is 0 Å². The van der Waals surface area contributed by atoms with E-state index in [2.05, 4.69) is 4.98 Å². The van der Waals surface area contributed by atoms with E-state index in [1.807, 2.05) is 7.05 Å². The predicted octanol–water partition coefficient (Wildman–Crippen LogP) is 0.998. The molecular formula is C9H12N2O2. The van der Waals surface area contributed by atoms with Crippen LogP contribution in [-0.4, -0.2) is 20.6 Å². The number of hydrogen-bond donors (Lipinski definition) is 1. The average molecular weight is 180 g/mol. The predicted molar refractivity (Wildman–Crippen MR) is 46.3 cm³/mol. The highest BCUT2D eigenvalue weighted by atomic mass is 16.4. The second-order valence-corrected chi connectivity index (χ2v) is 3.55. The minimum absolute atomic E-state index is 0.304. The van der Waals surface area contributed by atoms with Crippen molar-refractivity contribution >= 4 is 5.97 Å². The molecule has 13 heavy (non-hydrogen) atoms. The molecule has 1 N–H and O–H groups in total. The standard InChI is InChI=1S/C9H12N2O2/c1-11-5-4-10-8(11)7(9(12)13)6-2-3-6/h4-7H,2-3H2,1H3,(H,12,13). The Morgan fingerprint density at radius 2 is 2.46 bits per heavy atom. The Balaban J connectivity index is 2.30. The molecule has 1 unspecified atom stereocenters. The van der Waals surface area contributed by atoms with Crippen LogP contribution in [-0.2, 0) is 11.8 Å². The van der Waals surface area contributed by atoms with Gasteiger partial charge in [-0.2, -0.15) is 0 Å². The van der Waals surface area contributed by atoms with Crippen molar-refractivity contribution in [3.8, 4) is 0 Å². The van der Waals surface area contributed by atoms with Gasteiger partial charge >= 0.3 is 5.97 Å². The molecule has 0 amide bonds. The van der Waals surface area contributed by atoms with Gasteiger partial charge in [0.25, 0.3) is 0 Å². The Hall–Kier alpha value is -1.32. The molecule has 4 nitrogen and oxygen atoms in total. The van der Waals surface area contributed by atoms with Crippen molar-refractivity contribution in [3.05, 3.63) is 18.2 Å². The summed E-state index contributed by atoms with van der Waals surface area (Å²) >= 11 is 0. The molecule has 1 aromatic heterocycles. The molecule has 0 aromatic carbocycles. The zero-order valence-corrected chi connectivity index (χ0v) is 7.47. The Morgan fingerprint density at radius 3 is 2.85 bits per heavy atom. The summed E-state index contributed by atoms with van der Waals surface area (Å²) in [4.78, 5) is 15.1. The highest BCUT2D eigenvalue weighted by Gasteiger charge is 2.39. The highest BCUT2D eigenvalue weighted by Crippen LogP contribution is 2.41. The van der Waals surface area contributed by atoms with Crippen LogP contribution in [0.25, 0.3) is 0 Å². The third-order valence-electron chi connectivity index (χ3n) is 2.50. The van der Waals surface area contributed by atoms with Gasteiger partial charge in [0.1, 0.15) is 11.7 Å². The molecule has 4 heteroatoms. The van der Waals surface area contributed by atoms with Crippen molar-refractivity contribution in [1.82, 2.24) is 9.55 Å². The minimum Gasteiger partial charge on any atom is -0.481 e. The van der Waals surface area contributed by atoms with Gasteiger partial charge in [0.2, 0.25) is 0 Å². The Bertz CT molecular complexity index is 328. The summed E-state index contributed by atoms with van der Waals surface area (Å²) in [5.41, 5.74) is 0.